The second-order valence-electron chi connectivity index (χ2n) is 2.19. The zero-order valence-corrected chi connectivity index (χ0v) is 5.61. The van der Waals surface area contributed by atoms with E-state index < -0.39 is 0 Å². The predicted molar refractivity (Wildman–Crippen MR) is 33.9 cm³/mol. The Labute approximate surface area is 54.3 Å². The molecule has 0 aromatic heterocycles. The molecular weight excluding hydrogens is 124 g/mol. The molecule has 0 spiro atoms. The van der Waals surface area contributed by atoms with Gasteiger partial charge in [0.15, 0.2) is 5.56 Å². The number of epoxide rings is 1. The zero-order valence-electron chi connectivity index (χ0n) is 4.86. The van der Waals surface area contributed by atoms with Crippen molar-refractivity contribution in [2.24, 2.45) is 0 Å². The van der Waals surface area contributed by atoms with Crippen molar-refractivity contribution >= 4 is 11.6 Å². The molecule has 2 atom stereocenters. The third-order valence-corrected chi connectivity index (χ3v) is 1.45. The van der Waals surface area contributed by atoms with Crippen molar-refractivity contribution in [3.05, 3.63) is 12.2 Å². The van der Waals surface area contributed by atoms with Gasteiger partial charge < -0.3 is 4.74 Å². The van der Waals surface area contributed by atoms with E-state index in [-0.39, 0.29) is 11.7 Å². The SMILES string of the molecule is C=C(C)CC1O[C@H]1Cl. The van der Waals surface area contributed by atoms with Gasteiger partial charge in [-0.15, -0.1) is 6.58 Å². The fourth-order valence-electron chi connectivity index (χ4n) is 0.606. The molecular formula is C6H9ClO. The maximum absolute atomic E-state index is 5.53. The Morgan fingerprint density at radius 3 is 2.50 bits per heavy atom. The summed E-state index contributed by atoms with van der Waals surface area (Å²) in [6, 6.07) is 0. The van der Waals surface area contributed by atoms with Crippen molar-refractivity contribution in [2.75, 3.05) is 0 Å². The summed E-state index contributed by atoms with van der Waals surface area (Å²) < 4.78 is 4.93. The summed E-state index contributed by atoms with van der Waals surface area (Å²) in [5.41, 5.74) is 1.10. The molecule has 0 N–H and O–H groups in total. The number of hydrogen-bond acceptors (Lipinski definition) is 1. The van der Waals surface area contributed by atoms with E-state index in [2.05, 4.69) is 6.58 Å². The van der Waals surface area contributed by atoms with Gasteiger partial charge in [-0.2, -0.15) is 0 Å². The van der Waals surface area contributed by atoms with Crippen LogP contribution in [0, 0.1) is 0 Å². The Morgan fingerprint density at radius 2 is 2.38 bits per heavy atom. The average molecular weight is 133 g/mol. The highest BCUT2D eigenvalue weighted by Crippen LogP contribution is 2.30. The summed E-state index contributed by atoms with van der Waals surface area (Å²) in [4.78, 5) is 0. The fraction of sp³-hybridized carbons (Fsp3) is 0.667. The van der Waals surface area contributed by atoms with Gasteiger partial charge in [0.1, 0.15) is 6.10 Å². The van der Waals surface area contributed by atoms with Gasteiger partial charge in [-0.05, 0) is 13.3 Å². The van der Waals surface area contributed by atoms with Gasteiger partial charge in [0.05, 0.1) is 0 Å². The van der Waals surface area contributed by atoms with Crippen LogP contribution >= 0.6 is 11.6 Å². The van der Waals surface area contributed by atoms with Crippen LogP contribution in [0.15, 0.2) is 12.2 Å². The summed E-state index contributed by atoms with van der Waals surface area (Å²) in [5.74, 6) is 0. The molecule has 0 radical (unpaired) electrons. The van der Waals surface area contributed by atoms with Crippen LogP contribution < -0.4 is 0 Å². The zero-order chi connectivity index (χ0) is 6.15. The van der Waals surface area contributed by atoms with Gasteiger partial charge >= 0.3 is 0 Å². The first-order valence-corrected chi connectivity index (χ1v) is 3.07. The molecule has 0 aromatic rings. The molecule has 0 bridgehead atoms. The van der Waals surface area contributed by atoms with Crippen LogP contribution in [0.1, 0.15) is 13.3 Å². The number of hydrogen-bond donors (Lipinski definition) is 0. The maximum Gasteiger partial charge on any atom is 0.158 e. The molecule has 1 unspecified atom stereocenters. The van der Waals surface area contributed by atoms with Crippen LogP contribution in [0.3, 0.4) is 0 Å². The maximum atomic E-state index is 5.53. The third-order valence-electron chi connectivity index (χ3n) is 1.07. The molecule has 0 amide bonds. The molecule has 0 aliphatic carbocycles. The number of rotatable bonds is 2. The lowest BCUT2D eigenvalue weighted by Gasteiger charge is -1.88. The highest BCUT2D eigenvalue weighted by Gasteiger charge is 2.36. The van der Waals surface area contributed by atoms with Crippen molar-refractivity contribution in [1.82, 2.24) is 0 Å². The molecule has 8 heavy (non-hydrogen) atoms. The fourth-order valence-corrected chi connectivity index (χ4v) is 0.827. The van der Waals surface area contributed by atoms with E-state index >= 15 is 0 Å². The number of ether oxygens (including phenoxy) is 1. The predicted octanol–water partition coefficient (Wildman–Crippen LogP) is 1.92. The molecule has 1 aliphatic rings. The minimum atomic E-state index is -0.0355. The van der Waals surface area contributed by atoms with Gasteiger partial charge in [-0.3, -0.25) is 0 Å². The summed E-state index contributed by atoms with van der Waals surface area (Å²) in [7, 11) is 0. The number of alkyl halides is 1. The standard InChI is InChI=1S/C6H9ClO/c1-4(2)3-5-6(7)8-5/h5-6H,1,3H2,2H3/t5?,6-/m1/s1. The summed E-state index contributed by atoms with van der Waals surface area (Å²) in [6.45, 7) is 5.71. The molecule has 1 fully saturated rings. The third kappa shape index (κ3) is 1.49. The number of halogens is 1. The summed E-state index contributed by atoms with van der Waals surface area (Å²) in [5, 5.41) is 0. The van der Waals surface area contributed by atoms with E-state index in [0.29, 0.717) is 0 Å². The smallest absolute Gasteiger partial charge is 0.158 e. The van der Waals surface area contributed by atoms with E-state index in [1.54, 1.807) is 0 Å². The first-order valence-electron chi connectivity index (χ1n) is 2.64. The topological polar surface area (TPSA) is 12.5 Å². The van der Waals surface area contributed by atoms with Crippen LogP contribution in [0.4, 0.5) is 0 Å². The van der Waals surface area contributed by atoms with E-state index in [1.807, 2.05) is 6.92 Å². The Kier molecular flexibility index (Phi) is 1.59. The average Bonchev–Trinajstić information content (AvgIpc) is 2.17. The lowest BCUT2D eigenvalue weighted by molar-refractivity contribution is 0.397. The van der Waals surface area contributed by atoms with Crippen LogP contribution in [-0.2, 0) is 4.74 Å². The molecule has 1 saturated heterocycles. The molecule has 0 aromatic carbocycles. The highest BCUT2D eigenvalue weighted by molar-refractivity contribution is 6.21. The lowest BCUT2D eigenvalue weighted by atomic mass is 10.2. The monoisotopic (exact) mass is 132 g/mol. The minimum Gasteiger partial charge on any atom is -0.352 e. The lowest BCUT2D eigenvalue weighted by Crippen LogP contribution is -1.86. The Morgan fingerprint density at radius 1 is 1.88 bits per heavy atom. The normalized spacial score (nSPS) is 34.8. The molecule has 1 rings (SSSR count). The van der Waals surface area contributed by atoms with E-state index in [9.17, 15) is 0 Å². The van der Waals surface area contributed by atoms with E-state index in [1.165, 1.54) is 0 Å². The quantitative estimate of drug-likeness (QED) is 0.318. The van der Waals surface area contributed by atoms with Crippen molar-refractivity contribution in [2.45, 2.75) is 25.0 Å². The Balaban J connectivity index is 2.14. The van der Waals surface area contributed by atoms with Crippen LogP contribution in [0.2, 0.25) is 0 Å². The van der Waals surface area contributed by atoms with Crippen molar-refractivity contribution < 1.29 is 4.74 Å². The first-order chi connectivity index (χ1) is 3.70. The van der Waals surface area contributed by atoms with Crippen LogP contribution in [0.25, 0.3) is 0 Å². The van der Waals surface area contributed by atoms with Crippen LogP contribution in [-0.4, -0.2) is 11.7 Å². The van der Waals surface area contributed by atoms with Crippen molar-refractivity contribution in [3.63, 3.8) is 0 Å². The second kappa shape index (κ2) is 2.08. The second-order valence-corrected chi connectivity index (χ2v) is 2.62. The highest BCUT2D eigenvalue weighted by atomic mass is 35.5. The minimum absolute atomic E-state index is 0.0355. The first kappa shape index (κ1) is 6.12. The summed E-state index contributed by atoms with van der Waals surface area (Å²) >= 11 is 5.53. The largest absolute Gasteiger partial charge is 0.352 e. The van der Waals surface area contributed by atoms with Gasteiger partial charge in [-0.1, -0.05) is 17.2 Å². The van der Waals surface area contributed by atoms with Crippen LogP contribution in [0.5, 0.6) is 0 Å². The van der Waals surface area contributed by atoms with E-state index in [0.717, 1.165) is 12.0 Å². The molecule has 1 aliphatic heterocycles. The van der Waals surface area contributed by atoms with Gasteiger partial charge in [0.25, 0.3) is 0 Å². The van der Waals surface area contributed by atoms with Gasteiger partial charge in [-0.25, -0.2) is 0 Å². The molecule has 46 valence electrons. The molecule has 0 saturated carbocycles. The Bertz CT molecular complexity index is 111. The molecule has 2 heteroatoms. The van der Waals surface area contributed by atoms with Crippen molar-refractivity contribution in [1.29, 1.82) is 0 Å². The van der Waals surface area contributed by atoms with Gasteiger partial charge in [0.2, 0.25) is 0 Å². The Hall–Kier alpha value is -0.0100. The summed E-state index contributed by atoms with van der Waals surface area (Å²) in [6.07, 6.45) is 1.17. The van der Waals surface area contributed by atoms with Gasteiger partial charge in [0, 0.05) is 0 Å². The molecule has 1 heterocycles. The van der Waals surface area contributed by atoms with E-state index in [4.69, 9.17) is 16.3 Å². The van der Waals surface area contributed by atoms with Crippen molar-refractivity contribution in [3.8, 4) is 0 Å². The molecule has 1 nitrogen and oxygen atoms in total.